The van der Waals surface area contributed by atoms with Crippen molar-refractivity contribution >= 4 is 23.4 Å². The Morgan fingerprint density at radius 2 is 1.73 bits per heavy atom. The van der Waals surface area contributed by atoms with Gasteiger partial charge in [0.15, 0.2) is 23.9 Å². The number of ketones is 1. The molecular formula is C23H24ClN3O3. The van der Waals surface area contributed by atoms with Crippen LogP contribution in [0.2, 0.25) is 5.02 Å². The quantitative estimate of drug-likeness (QED) is 0.430. The summed E-state index contributed by atoms with van der Waals surface area (Å²) in [5, 5.41) is 4.50. The highest BCUT2D eigenvalue weighted by Crippen LogP contribution is 2.22. The third-order valence-electron chi connectivity index (χ3n) is 4.66. The maximum atomic E-state index is 12.5. The average Bonchev–Trinajstić information content (AvgIpc) is 3.03. The second kappa shape index (κ2) is 8.40. The summed E-state index contributed by atoms with van der Waals surface area (Å²) >= 11 is 6.14. The molecule has 0 amide bonds. The summed E-state index contributed by atoms with van der Waals surface area (Å²) in [7, 11) is 0. The van der Waals surface area contributed by atoms with Gasteiger partial charge in [0.1, 0.15) is 0 Å². The number of benzene rings is 1. The second-order valence-corrected chi connectivity index (χ2v) is 8.57. The minimum absolute atomic E-state index is 0.00700. The Morgan fingerprint density at radius 1 is 1.07 bits per heavy atom. The molecule has 0 fully saturated rings. The fraction of sp³-hybridized carbons (Fsp3) is 0.304. The molecule has 0 aliphatic heterocycles. The van der Waals surface area contributed by atoms with Crippen LogP contribution < -0.4 is 0 Å². The van der Waals surface area contributed by atoms with E-state index in [1.54, 1.807) is 28.9 Å². The summed E-state index contributed by atoms with van der Waals surface area (Å²) in [5.74, 6) is -0.612. The van der Waals surface area contributed by atoms with Crippen LogP contribution in [0.25, 0.3) is 5.82 Å². The van der Waals surface area contributed by atoms with Crippen molar-refractivity contribution in [1.29, 1.82) is 0 Å². The highest BCUT2D eigenvalue weighted by molar-refractivity contribution is 6.33. The van der Waals surface area contributed by atoms with E-state index in [0.717, 1.165) is 17.0 Å². The van der Waals surface area contributed by atoms with Gasteiger partial charge >= 0.3 is 5.97 Å². The van der Waals surface area contributed by atoms with E-state index in [0.29, 0.717) is 11.4 Å². The molecule has 0 N–H and O–H groups in total. The Labute approximate surface area is 180 Å². The lowest BCUT2D eigenvalue weighted by Gasteiger charge is -2.18. The number of halogens is 1. The molecule has 7 heteroatoms. The second-order valence-electron chi connectivity index (χ2n) is 8.17. The van der Waals surface area contributed by atoms with Gasteiger partial charge in [-0.05, 0) is 43.0 Å². The normalized spacial score (nSPS) is 11.4. The van der Waals surface area contributed by atoms with E-state index in [2.05, 4.69) is 30.9 Å². The van der Waals surface area contributed by atoms with Gasteiger partial charge in [0.25, 0.3) is 0 Å². The highest BCUT2D eigenvalue weighted by atomic mass is 35.5. The zero-order chi connectivity index (χ0) is 22.1. The lowest BCUT2D eigenvalue weighted by molar-refractivity contribution is 0.0469. The monoisotopic (exact) mass is 425 g/mol. The first-order valence-corrected chi connectivity index (χ1v) is 9.95. The number of aromatic nitrogens is 3. The molecule has 0 saturated carbocycles. The van der Waals surface area contributed by atoms with E-state index in [4.69, 9.17) is 16.3 Å². The number of carbonyl (C=O) groups is 2. The molecule has 2 heterocycles. The van der Waals surface area contributed by atoms with Crippen molar-refractivity contribution in [2.75, 3.05) is 6.61 Å². The molecule has 0 atom stereocenters. The van der Waals surface area contributed by atoms with Crippen molar-refractivity contribution in [2.45, 2.75) is 40.0 Å². The summed E-state index contributed by atoms with van der Waals surface area (Å²) in [4.78, 5) is 29.2. The molecule has 3 aromatic rings. The molecule has 156 valence electrons. The van der Waals surface area contributed by atoms with Gasteiger partial charge in [-0.15, -0.1) is 0 Å². The number of rotatable bonds is 5. The van der Waals surface area contributed by atoms with Crippen LogP contribution in [0.1, 0.15) is 58.6 Å². The van der Waals surface area contributed by atoms with Crippen LogP contribution in [0.4, 0.5) is 0 Å². The number of nitrogens with zero attached hydrogens (tertiary/aromatic N) is 3. The van der Waals surface area contributed by atoms with E-state index in [1.165, 1.54) is 0 Å². The molecule has 0 bridgehead atoms. The van der Waals surface area contributed by atoms with Gasteiger partial charge < -0.3 is 4.74 Å². The number of Topliss-reactive ketones (excluding diaryl/α,β-unsaturated/α-hetero) is 1. The molecule has 6 nitrogen and oxygen atoms in total. The summed E-state index contributed by atoms with van der Waals surface area (Å²) < 4.78 is 6.80. The Morgan fingerprint density at radius 3 is 2.30 bits per heavy atom. The van der Waals surface area contributed by atoms with Crippen LogP contribution in [0.5, 0.6) is 0 Å². The molecule has 0 radical (unpaired) electrons. The number of aryl methyl sites for hydroxylation is 2. The predicted octanol–water partition coefficient (Wildman–Crippen LogP) is 4.87. The lowest BCUT2D eigenvalue weighted by Crippen LogP contribution is -2.17. The molecule has 2 aromatic heterocycles. The van der Waals surface area contributed by atoms with Crippen molar-refractivity contribution in [3.63, 3.8) is 0 Å². The van der Waals surface area contributed by atoms with Crippen LogP contribution in [-0.2, 0) is 10.2 Å². The SMILES string of the molecule is Cc1cc(C)n(-c2ccc(Cl)c(C(=O)OCC(=O)c3ccc(C(C)(C)C)cc3)n2)n1. The number of ether oxygens (including phenoxy) is 1. The van der Waals surface area contributed by atoms with Crippen molar-refractivity contribution in [1.82, 2.24) is 14.8 Å². The first-order chi connectivity index (χ1) is 14.1. The first-order valence-electron chi connectivity index (χ1n) is 9.57. The Bertz CT molecular complexity index is 1100. The van der Waals surface area contributed by atoms with E-state index >= 15 is 0 Å². The van der Waals surface area contributed by atoms with Gasteiger partial charge in [-0.3, -0.25) is 4.79 Å². The van der Waals surface area contributed by atoms with Gasteiger partial charge in [0.05, 0.1) is 10.7 Å². The Kier molecular flexibility index (Phi) is 6.08. The standard InChI is InChI=1S/C23H24ClN3O3/c1-14-12-15(2)27(26-14)20-11-10-18(24)21(25-20)22(29)30-13-19(28)16-6-8-17(9-7-16)23(3,4)5/h6-12H,13H2,1-5H3. The molecule has 0 aliphatic carbocycles. The maximum absolute atomic E-state index is 12.5. The molecule has 0 saturated heterocycles. The lowest BCUT2D eigenvalue weighted by atomic mass is 9.86. The van der Waals surface area contributed by atoms with Crippen LogP contribution in [-0.4, -0.2) is 33.1 Å². The number of esters is 1. The van der Waals surface area contributed by atoms with Crippen molar-refractivity contribution in [3.05, 3.63) is 75.7 Å². The van der Waals surface area contributed by atoms with Crippen molar-refractivity contribution in [3.8, 4) is 5.82 Å². The summed E-state index contributed by atoms with van der Waals surface area (Å²) in [6.07, 6.45) is 0. The van der Waals surface area contributed by atoms with E-state index < -0.39 is 12.6 Å². The number of pyridine rings is 1. The van der Waals surface area contributed by atoms with E-state index in [1.807, 2.05) is 32.0 Å². The minimum Gasteiger partial charge on any atom is -0.453 e. The molecule has 1 aromatic carbocycles. The molecular weight excluding hydrogens is 402 g/mol. The third kappa shape index (κ3) is 4.76. The molecule has 0 unspecified atom stereocenters. The van der Waals surface area contributed by atoms with Gasteiger partial charge in [-0.25, -0.2) is 14.5 Å². The zero-order valence-corrected chi connectivity index (χ0v) is 18.4. The predicted molar refractivity (Wildman–Crippen MR) is 116 cm³/mol. The number of carbonyl (C=O) groups excluding carboxylic acids is 2. The van der Waals surface area contributed by atoms with Crippen LogP contribution >= 0.6 is 11.6 Å². The van der Waals surface area contributed by atoms with Gasteiger partial charge in [-0.2, -0.15) is 5.10 Å². The number of hydrogen-bond donors (Lipinski definition) is 0. The first kappa shape index (κ1) is 21.7. The van der Waals surface area contributed by atoms with Gasteiger partial charge in [0, 0.05) is 11.3 Å². The number of hydrogen-bond acceptors (Lipinski definition) is 5. The van der Waals surface area contributed by atoms with Crippen molar-refractivity contribution in [2.24, 2.45) is 0 Å². The summed E-state index contributed by atoms with van der Waals surface area (Å²) in [6.45, 7) is 9.66. The molecule has 0 aliphatic rings. The molecule has 3 rings (SSSR count). The molecule has 0 spiro atoms. The van der Waals surface area contributed by atoms with Crippen LogP contribution in [0, 0.1) is 13.8 Å². The minimum atomic E-state index is -0.761. The van der Waals surface area contributed by atoms with Crippen molar-refractivity contribution < 1.29 is 14.3 Å². The summed E-state index contributed by atoms with van der Waals surface area (Å²) in [5.41, 5.74) is 3.23. The highest BCUT2D eigenvalue weighted by Gasteiger charge is 2.19. The molecule has 30 heavy (non-hydrogen) atoms. The van der Waals surface area contributed by atoms with Crippen LogP contribution in [0.3, 0.4) is 0 Å². The van der Waals surface area contributed by atoms with E-state index in [-0.39, 0.29) is 21.9 Å². The van der Waals surface area contributed by atoms with Gasteiger partial charge in [-0.1, -0.05) is 56.6 Å². The topological polar surface area (TPSA) is 74.1 Å². The van der Waals surface area contributed by atoms with Crippen LogP contribution in [0.15, 0.2) is 42.5 Å². The van der Waals surface area contributed by atoms with Gasteiger partial charge in [0.2, 0.25) is 0 Å². The average molecular weight is 426 g/mol. The maximum Gasteiger partial charge on any atom is 0.359 e. The Balaban J connectivity index is 1.72. The third-order valence-corrected chi connectivity index (χ3v) is 4.96. The summed E-state index contributed by atoms with van der Waals surface area (Å²) in [6, 6.07) is 12.4. The smallest absolute Gasteiger partial charge is 0.359 e. The fourth-order valence-corrected chi connectivity index (χ4v) is 3.18. The zero-order valence-electron chi connectivity index (χ0n) is 17.7. The fourth-order valence-electron chi connectivity index (χ4n) is 2.99. The Hall–Kier alpha value is -2.99. The largest absolute Gasteiger partial charge is 0.453 e. The van der Waals surface area contributed by atoms with E-state index in [9.17, 15) is 9.59 Å².